The Morgan fingerprint density at radius 3 is 2.48 bits per heavy atom. The number of amides is 2. The number of imide groups is 1. The molecular weight excluding hydrogens is 591 g/mol. The zero-order valence-electron chi connectivity index (χ0n) is 24.8. The summed E-state index contributed by atoms with van der Waals surface area (Å²) in [5, 5.41) is 18.9. The summed E-state index contributed by atoms with van der Waals surface area (Å²) in [4.78, 5) is 34.4. The SMILES string of the molecule is Nc1ncnc2c1c(-c1ccc(Oc3ccccc3)cc1)nn2C1CCN(Cc2cc(F)c(NC3CCC(=O)NC3=O)nn2)CC1. The lowest BCUT2D eigenvalue weighted by Gasteiger charge is -2.31. The van der Waals surface area contributed by atoms with Crippen LogP contribution in [0.2, 0.25) is 0 Å². The van der Waals surface area contributed by atoms with Crippen molar-refractivity contribution in [1.82, 2.24) is 40.2 Å². The van der Waals surface area contributed by atoms with Crippen molar-refractivity contribution in [3.8, 4) is 22.8 Å². The van der Waals surface area contributed by atoms with Crippen molar-refractivity contribution < 1.29 is 18.7 Å². The Labute approximate surface area is 263 Å². The fourth-order valence-electron chi connectivity index (χ4n) is 5.89. The fraction of sp³-hybridized carbons (Fsp3) is 0.281. The van der Waals surface area contributed by atoms with Gasteiger partial charge >= 0.3 is 0 Å². The van der Waals surface area contributed by atoms with Gasteiger partial charge in [-0.15, -0.1) is 5.10 Å². The van der Waals surface area contributed by atoms with Crippen LogP contribution >= 0.6 is 0 Å². The molecule has 3 aromatic heterocycles. The number of nitrogens with one attached hydrogen (secondary N) is 2. The van der Waals surface area contributed by atoms with E-state index in [9.17, 15) is 14.0 Å². The van der Waals surface area contributed by atoms with Gasteiger partial charge in [-0.1, -0.05) is 18.2 Å². The molecule has 2 aromatic carbocycles. The largest absolute Gasteiger partial charge is 0.457 e. The van der Waals surface area contributed by atoms with Gasteiger partial charge in [0.1, 0.15) is 35.4 Å². The molecule has 0 bridgehead atoms. The predicted octanol–water partition coefficient (Wildman–Crippen LogP) is 3.85. The van der Waals surface area contributed by atoms with Crippen molar-refractivity contribution in [1.29, 1.82) is 0 Å². The van der Waals surface area contributed by atoms with Crippen LogP contribution in [0.4, 0.5) is 16.0 Å². The van der Waals surface area contributed by atoms with Gasteiger partial charge in [0.05, 0.1) is 17.1 Å². The summed E-state index contributed by atoms with van der Waals surface area (Å²) in [5.74, 6) is 0.277. The Morgan fingerprint density at radius 2 is 1.74 bits per heavy atom. The molecule has 0 spiro atoms. The summed E-state index contributed by atoms with van der Waals surface area (Å²) in [7, 11) is 0. The molecule has 7 rings (SSSR count). The van der Waals surface area contributed by atoms with E-state index in [2.05, 4.69) is 35.7 Å². The topological polar surface area (TPSA) is 166 Å². The van der Waals surface area contributed by atoms with E-state index in [0.717, 1.165) is 37.2 Å². The molecule has 1 atom stereocenters. The smallest absolute Gasteiger partial charge is 0.249 e. The summed E-state index contributed by atoms with van der Waals surface area (Å²) < 4.78 is 22.8. The second-order valence-corrected chi connectivity index (χ2v) is 11.4. The molecule has 2 aliphatic heterocycles. The number of carbonyl (C=O) groups excluding carboxylic acids is 2. The van der Waals surface area contributed by atoms with Crippen LogP contribution in [-0.4, -0.2) is 65.8 Å². The quantitative estimate of drug-likeness (QED) is 0.215. The van der Waals surface area contributed by atoms with Crippen molar-refractivity contribution in [3.63, 3.8) is 0 Å². The number of piperidine rings is 2. The van der Waals surface area contributed by atoms with Crippen LogP contribution in [0.1, 0.15) is 37.4 Å². The molecular formula is C32H31FN10O3. The van der Waals surface area contributed by atoms with Gasteiger partial charge in [-0.05, 0) is 55.7 Å². The summed E-state index contributed by atoms with van der Waals surface area (Å²) >= 11 is 0. The number of nitrogens with zero attached hydrogens (tertiary/aromatic N) is 7. The summed E-state index contributed by atoms with van der Waals surface area (Å²) in [6.45, 7) is 1.88. The van der Waals surface area contributed by atoms with Gasteiger partial charge in [0, 0.05) is 37.7 Å². The van der Waals surface area contributed by atoms with Crippen molar-refractivity contribution >= 4 is 34.5 Å². The van der Waals surface area contributed by atoms with Crippen LogP contribution < -0.4 is 21.1 Å². The number of aromatic nitrogens is 6. The fourth-order valence-corrected chi connectivity index (χ4v) is 5.89. The van der Waals surface area contributed by atoms with Gasteiger partial charge in [0.25, 0.3) is 0 Å². The molecule has 1 unspecified atom stereocenters. The highest BCUT2D eigenvalue weighted by Crippen LogP contribution is 2.35. The van der Waals surface area contributed by atoms with E-state index in [1.165, 1.54) is 12.4 Å². The molecule has 5 aromatic rings. The number of fused-ring (bicyclic) bond motifs is 1. The van der Waals surface area contributed by atoms with Crippen molar-refractivity contribution in [2.45, 2.75) is 44.3 Å². The van der Waals surface area contributed by atoms with E-state index < -0.39 is 17.8 Å². The van der Waals surface area contributed by atoms with Gasteiger partial charge in [0.2, 0.25) is 11.8 Å². The second-order valence-electron chi connectivity index (χ2n) is 11.4. The Balaban J connectivity index is 1.02. The van der Waals surface area contributed by atoms with Crippen molar-refractivity contribution in [2.75, 3.05) is 24.1 Å². The molecule has 46 heavy (non-hydrogen) atoms. The first-order valence-electron chi connectivity index (χ1n) is 15.1. The highest BCUT2D eigenvalue weighted by Gasteiger charge is 2.29. The van der Waals surface area contributed by atoms with Crippen LogP contribution in [0.5, 0.6) is 11.5 Å². The van der Waals surface area contributed by atoms with Gasteiger partial charge in [0.15, 0.2) is 17.3 Å². The Bertz CT molecular complexity index is 1890. The Kier molecular flexibility index (Phi) is 7.93. The molecule has 5 heterocycles. The van der Waals surface area contributed by atoms with Crippen molar-refractivity contribution in [2.24, 2.45) is 0 Å². The molecule has 0 aliphatic carbocycles. The molecule has 2 fully saturated rings. The summed E-state index contributed by atoms with van der Waals surface area (Å²) in [5.41, 5.74) is 9.09. The lowest BCUT2D eigenvalue weighted by molar-refractivity contribution is -0.133. The number of likely N-dealkylation sites (tertiary alicyclic amines) is 1. The average molecular weight is 623 g/mol. The highest BCUT2D eigenvalue weighted by molar-refractivity contribution is 6.01. The van der Waals surface area contributed by atoms with E-state index >= 15 is 0 Å². The van der Waals surface area contributed by atoms with Gasteiger partial charge in [-0.3, -0.25) is 19.8 Å². The standard InChI is InChI=1S/C32H31FN10O3/c33-24-16-20(39-40-30(24)37-25-10-11-26(44)38-32(25)45)17-42-14-12-21(13-15-42)43-31-27(29(34)35-18-36-31)28(41-43)19-6-8-23(9-7-19)46-22-4-2-1-3-5-22/h1-9,16,18,21,25H,10-15,17H2,(H,37,40)(H2,34,35,36)(H,38,44,45). The van der Waals surface area contributed by atoms with Crippen LogP contribution in [0, 0.1) is 5.82 Å². The number of nitrogen functional groups attached to an aromatic ring is 1. The molecule has 14 heteroatoms. The zero-order valence-corrected chi connectivity index (χ0v) is 24.8. The van der Waals surface area contributed by atoms with Crippen molar-refractivity contribution in [3.05, 3.63) is 78.5 Å². The van der Waals surface area contributed by atoms with Crippen LogP contribution in [-0.2, 0) is 16.1 Å². The minimum Gasteiger partial charge on any atom is -0.457 e. The van der Waals surface area contributed by atoms with E-state index in [0.29, 0.717) is 40.5 Å². The number of ether oxygens (including phenoxy) is 1. The first-order valence-corrected chi connectivity index (χ1v) is 15.1. The summed E-state index contributed by atoms with van der Waals surface area (Å²) in [6, 6.07) is 17.9. The maximum absolute atomic E-state index is 14.9. The number of hydrogen-bond donors (Lipinski definition) is 3. The molecule has 2 saturated heterocycles. The minimum absolute atomic E-state index is 0.0744. The molecule has 13 nitrogen and oxygen atoms in total. The van der Waals surface area contributed by atoms with Crippen LogP contribution in [0.3, 0.4) is 0 Å². The lowest BCUT2D eigenvalue weighted by Crippen LogP contribution is -2.47. The predicted molar refractivity (Wildman–Crippen MR) is 167 cm³/mol. The number of nitrogens with two attached hydrogens (primary N) is 1. The van der Waals surface area contributed by atoms with Gasteiger partial charge in [-0.25, -0.2) is 19.0 Å². The molecule has 4 N–H and O–H groups in total. The first-order chi connectivity index (χ1) is 22.4. The minimum atomic E-state index is -0.737. The zero-order chi connectivity index (χ0) is 31.6. The van der Waals surface area contributed by atoms with E-state index in [1.807, 2.05) is 59.3 Å². The van der Waals surface area contributed by atoms with Gasteiger partial charge < -0.3 is 15.8 Å². The number of para-hydroxylation sites is 1. The third-order valence-corrected chi connectivity index (χ3v) is 8.26. The third-order valence-electron chi connectivity index (χ3n) is 8.26. The second kappa shape index (κ2) is 12.5. The third kappa shape index (κ3) is 6.06. The maximum atomic E-state index is 14.9. The molecule has 2 amide bonds. The highest BCUT2D eigenvalue weighted by atomic mass is 19.1. The van der Waals surface area contributed by atoms with E-state index in [4.69, 9.17) is 15.6 Å². The normalized spacial score (nSPS) is 17.6. The number of halogens is 1. The number of anilines is 2. The van der Waals surface area contributed by atoms with E-state index in [1.54, 1.807) is 0 Å². The first kappa shape index (κ1) is 29.2. The summed E-state index contributed by atoms with van der Waals surface area (Å²) in [6.07, 6.45) is 3.48. The maximum Gasteiger partial charge on any atom is 0.249 e. The number of rotatable bonds is 8. The molecule has 0 radical (unpaired) electrons. The number of benzene rings is 2. The lowest BCUT2D eigenvalue weighted by atomic mass is 10.0. The number of hydrogen-bond acceptors (Lipinski definition) is 11. The molecule has 234 valence electrons. The average Bonchev–Trinajstić information content (AvgIpc) is 3.46. The van der Waals surface area contributed by atoms with Gasteiger partial charge in [-0.2, -0.15) is 10.2 Å². The Morgan fingerprint density at radius 1 is 0.978 bits per heavy atom. The monoisotopic (exact) mass is 622 g/mol. The van der Waals surface area contributed by atoms with Crippen LogP contribution in [0.15, 0.2) is 67.0 Å². The van der Waals surface area contributed by atoms with E-state index in [-0.39, 0.29) is 30.6 Å². The molecule has 2 aliphatic rings. The Hall–Kier alpha value is -5.50. The van der Waals surface area contributed by atoms with Crippen LogP contribution in [0.25, 0.3) is 22.3 Å². The number of carbonyl (C=O) groups is 2. The molecule has 0 saturated carbocycles.